The molecule has 0 unspecified atom stereocenters. The van der Waals surface area contributed by atoms with Gasteiger partial charge in [0.15, 0.2) is 5.65 Å². The largest absolute Gasteiger partial charge is 0.367 e. The fourth-order valence-corrected chi connectivity index (χ4v) is 4.81. The normalized spacial score (nSPS) is 14.7. The maximum absolute atomic E-state index is 12.9. The number of piperidine rings is 1. The maximum atomic E-state index is 12.9. The number of hydrogen-bond acceptors (Lipinski definition) is 6. The summed E-state index contributed by atoms with van der Waals surface area (Å²) in [6, 6.07) is 9.80. The first kappa shape index (κ1) is 21.9. The smallest absolute Gasteiger partial charge is 0.259 e. The molecule has 4 heterocycles. The number of halogens is 2. The lowest BCUT2D eigenvalue weighted by Crippen LogP contribution is -2.42. The third-order valence-corrected chi connectivity index (χ3v) is 6.85. The van der Waals surface area contributed by atoms with Gasteiger partial charge >= 0.3 is 0 Å². The predicted molar refractivity (Wildman–Crippen MR) is 130 cm³/mol. The van der Waals surface area contributed by atoms with Crippen molar-refractivity contribution < 1.29 is 9.32 Å². The number of nitrogens with one attached hydrogen (secondary N) is 1. The number of fused-ring (bicyclic) bond motifs is 1. The number of nitrogens with zero attached hydrogens (tertiary/aromatic N) is 5. The Hall–Kier alpha value is -2.91. The van der Waals surface area contributed by atoms with E-state index in [1.54, 1.807) is 24.6 Å². The average molecular weight is 530 g/mol. The molecule has 170 valence electrons. The molecule has 3 aromatic heterocycles. The van der Waals surface area contributed by atoms with E-state index in [2.05, 4.69) is 31.5 Å². The minimum atomic E-state index is -0.0204. The van der Waals surface area contributed by atoms with Crippen LogP contribution < -0.4 is 5.32 Å². The summed E-state index contributed by atoms with van der Waals surface area (Å²) in [6.45, 7) is 4.87. The molecule has 1 saturated heterocycles. The molecule has 1 N–H and O–H groups in total. The van der Waals surface area contributed by atoms with Gasteiger partial charge in [-0.2, -0.15) is 9.61 Å². The molecule has 1 aromatic carbocycles. The van der Waals surface area contributed by atoms with E-state index in [0.717, 1.165) is 34.4 Å². The molecule has 4 aromatic rings. The van der Waals surface area contributed by atoms with Crippen LogP contribution in [0.1, 0.15) is 34.7 Å². The van der Waals surface area contributed by atoms with E-state index in [9.17, 15) is 4.79 Å². The number of carbonyl (C=O) groups is 1. The molecule has 0 saturated carbocycles. The van der Waals surface area contributed by atoms with Crippen LogP contribution in [0.4, 0.5) is 5.82 Å². The van der Waals surface area contributed by atoms with Gasteiger partial charge in [0.05, 0.1) is 22.1 Å². The van der Waals surface area contributed by atoms with Crippen molar-refractivity contribution in [3.8, 4) is 11.3 Å². The predicted octanol–water partition coefficient (Wildman–Crippen LogP) is 5.13. The fraction of sp³-hybridized carbons (Fsp3) is 0.304. The zero-order valence-corrected chi connectivity index (χ0v) is 20.5. The first-order chi connectivity index (χ1) is 15.9. The zero-order valence-electron chi connectivity index (χ0n) is 18.2. The molecule has 1 amide bonds. The molecule has 1 aliphatic heterocycles. The van der Waals surface area contributed by atoms with Crippen LogP contribution in [0.15, 0.2) is 45.5 Å². The molecule has 8 nitrogen and oxygen atoms in total. The van der Waals surface area contributed by atoms with Crippen LogP contribution >= 0.6 is 27.5 Å². The summed E-state index contributed by atoms with van der Waals surface area (Å²) in [7, 11) is 0. The van der Waals surface area contributed by atoms with Gasteiger partial charge in [-0.3, -0.25) is 4.79 Å². The van der Waals surface area contributed by atoms with Crippen LogP contribution in [0.25, 0.3) is 16.9 Å². The molecule has 1 aliphatic rings. The van der Waals surface area contributed by atoms with Gasteiger partial charge in [0.2, 0.25) is 0 Å². The zero-order chi connectivity index (χ0) is 23.1. The summed E-state index contributed by atoms with van der Waals surface area (Å²) in [6.07, 6.45) is 3.35. The topological polar surface area (TPSA) is 88.6 Å². The van der Waals surface area contributed by atoms with Gasteiger partial charge in [0.25, 0.3) is 5.91 Å². The second kappa shape index (κ2) is 8.79. The summed E-state index contributed by atoms with van der Waals surface area (Å²) in [5.41, 5.74) is 3.54. The quantitative estimate of drug-likeness (QED) is 0.394. The van der Waals surface area contributed by atoms with E-state index in [1.165, 1.54) is 0 Å². The molecule has 33 heavy (non-hydrogen) atoms. The van der Waals surface area contributed by atoms with E-state index >= 15 is 0 Å². The highest BCUT2D eigenvalue weighted by molar-refractivity contribution is 9.10. The van der Waals surface area contributed by atoms with Crippen molar-refractivity contribution in [2.75, 3.05) is 18.4 Å². The lowest BCUT2D eigenvalue weighted by Gasteiger charge is -2.33. The fourth-order valence-electron chi connectivity index (χ4n) is 4.23. The Morgan fingerprint density at radius 3 is 2.70 bits per heavy atom. The van der Waals surface area contributed by atoms with Crippen LogP contribution in [-0.2, 0) is 0 Å². The first-order valence-electron chi connectivity index (χ1n) is 10.7. The number of anilines is 1. The van der Waals surface area contributed by atoms with E-state index in [1.807, 2.05) is 35.2 Å². The molecular weight excluding hydrogens is 508 g/mol. The second-order valence-corrected chi connectivity index (χ2v) is 9.41. The van der Waals surface area contributed by atoms with Crippen LogP contribution in [0.3, 0.4) is 0 Å². The van der Waals surface area contributed by atoms with Crippen molar-refractivity contribution in [1.29, 1.82) is 0 Å². The lowest BCUT2D eigenvalue weighted by atomic mass is 10.0. The van der Waals surface area contributed by atoms with Gasteiger partial charge < -0.3 is 14.7 Å². The third kappa shape index (κ3) is 4.11. The van der Waals surface area contributed by atoms with E-state index in [-0.39, 0.29) is 11.9 Å². The van der Waals surface area contributed by atoms with Crippen molar-refractivity contribution in [2.45, 2.75) is 32.7 Å². The SMILES string of the molecule is Cc1noc(C)c1C(=O)N1CCC(Nc2cc(-c3ccccc3Cl)nc3c(Br)cnn23)CC1. The molecule has 0 spiro atoms. The summed E-state index contributed by atoms with van der Waals surface area (Å²) in [4.78, 5) is 19.6. The minimum Gasteiger partial charge on any atom is -0.367 e. The van der Waals surface area contributed by atoms with Gasteiger partial charge in [-0.1, -0.05) is 35.0 Å². The Bertz CT molecular complexity index is 1320. The molecule has 10 heteroatoms. The number of benzene rings is 1. The van der Waals surface area contributed by atoms with Crippen molar-refractivity contribution >= 4 is 44.9 Å². The second-order valence-electron chi connectivity index (χ2n) is 8.14. The van der Waals surface area contributed by atoms with Crippen LogP contribution in [0.5, 0.6) is 0 Å². The van der Waals surface area contributed by atoms with Gasteiger partial charge in [-0.05, 0) is 48.7 Å². The number of amides is 1. The molecule has 0 aliphatic carbocycles. The Morgan fingerprint density at radius 2 is 2.00 bits per heavy atom. The van der Waals surface area contributed by atoms with Gasteiger partial charge in [-0.25, -0.2) is 4.98 Å². The highest BCUT2D eigenvalue weighted by Gasteiger charge is 2.28. The molecule has 5 rings (SSSR count). The highest BCUT2D eigenvalue weighted by Crippen LogP contribution is 2.31. The van der Waals surface area contributed by atoms with Crippen molar-refractivity contribution in [2.24, 2.45) is 0 Å². The Morgan fingerprint density at radius 1 is 1.24 bits per heavy atom. The first-order valence-corrected chi connectivity index (χ1v) is 11.9. The number of likely N-dealkylation sites (tertiary alicyclic amines) is 1. The molecular formula is C23H22BrClN6O2. The summed E-state index contributed by atoms with van der Waals surface area (Å²) in [5.74, 6) is 1.37. The summed E-state index contributed by atoms with van der Waals surface area (Å²) >= 11 is 9.98. The van der Waals surface area contributed by atoms with Gasteiger partial charge in [-0.15, -0.1) is 0 Å². The molecule has 0 radical (unpaired) electrons. The van der Waals surface area contributed by atoms with E-state index in [0.29, 0.717) is 40.8 Å². The van der Waals surface area contributed by atoms with Gasteiger partial charge in [0, 0.05) is 35.8 Å². The Kier molecular flexibility index (Phi) is 5.84. The monoisotopic (exact) mass is 528 g/mol. The van der Waals surface area contributed by atoms with Crippen molar-refractivity contribution in [1.82, 2.24) is 24.7 Å². The number of aromatic nitrogens is 4. The standard InChI is InChI=1S/C23H22BrClN6O2/c1-13-21(14(2)33-29-13)23(32)30-9-7-15(8-10-30)27-20-11-19(16-5-3-4-6-18(16)25)28-22-17(24)12-26-31(20)22/h3-6,11-12,15,27H,7-10H2,1-2H3. The highest BCUT2D eigenvalue weighted by atomic mass is 79.9. The van der Waals surface area contributed by atoms with Crippen LogP contribution in [-0.4, -0.2) is 49.7 Å². The third-order valence-electron chi connectivity index (χ3n) is 5.96. The molecule has 1 fully saturated rings. The molecule has 0 bridgehead atoms. The number of hydrogen-bond donors (Lipinski definition) is 1. The average Bonchev–Trinajstić information content (AvgIpc) is 3.35. The van der Waals surface area contributed by atoms with Crippen molar-refractivity contribution in [3.63, 3.8) is 0 Å². The summed E-state index contributed by atoms with van der Waals surface area (Å²) < 4.78 is 7.76. The van der Waals surface area contributed by atoms with Crippen LogP contribution in [0.2, 0.25) is 5.02 Å². The Labute approximate surface area is 204 Å². The maximum Gasteiger partial charge on any atom is 0.259 e. The van der Waals surface area contributed by atoms with Crippen LogP contribution in [0, 0.1) is 13.8 Å². The number of rotatable bonds is 4. The minimum absolute atomic E-state index is 0.0204. The number of aryl methyl sites for hydroxylation is 2. The summed E-state index contributed by atoms with van der Waals surface area (Å²) in [5, 5.41) is 12.6. The molecule has 0 atom stereocenters. The lowest BCUT2D eigenvalue weighted by molar-refractivity contribution is 0.0716. The van der Waals surface area contributed by atoms with E-state index in [4.69, 9.17) is 21.1 Å². The van der Waals surface area contributed by atoms with E-state index < -0.39 is 0 Å². The Balaban J connectivity index is 1.37. The van der Waals surface area contributed by atoms with Gasteiger partial charge in [0.1, 0.15) is 17.1 Å². The number of carbonyl (C=O) groups excluding carboxylic acids is 1. The van der Waals surface area contributed by atoms with Crippen molar-refractivity contribution in [3.05, 3.63) is 63.0 Å².